The van der Waals surface area contributed by atoms with Crippen LogP contribution in [0.15, 0.2) is 11.4 Å². The van der Waals surface area contributed by atoms with E-state index < -0.39 is 0 Å². The minimum Gasteiger partial charge on any atom is -0.229 e. The van der Waals surface area contributed by atoms with Crippen LogP contribution >= 0.6 is 23.1 Å². The number of hydrogen-bond donors (Lipinski definition) is 0. The third kappa shape index (κ3) is 1.55. The molecule has 0 unspecified atom stereocenters. The zero-order chi connectivity index (χ0) is 11.1. The Balaban J connectivity index is 2.26. The summed E-state index contributed by atoms with van der Waals surface area (Å²) in [5.41, 5.74) is 1.53. The molecule has 0 bridgehead atoms. The predicted molar refractivity (Wildman–Crippen MR) is 70.4 cm³/mol. The fourth-order valence-corrected chi connectivity index (χ4v) is 4.39. The Bertz CT molecular complexity index is 533. The SMILES string of the molecule is CSc1ncnc2sc3c(c12)CC[C@@H](C)C3. The normalized spacial score (nSPS) is 20.0. The molecular formula is C12H14N2S2. The summed E-state index contributed by atoms with van der Waals surface area (Å²) < 4.78 is 0. The maximum absolute atomic E-state index is 4.41. The smallest absolute Gasteiger partial charge is 0.128 e. The van der Waals surface area contributed by atoms with Gasteiger partial charge in [0.2, 0.25) is 0 Å². The van der Waals surface area contributed by atoms with Crippen LogP contribution in [0.1, 0.15) is 23.8 Å². The molecule has 3 rings (SSSR count). The van der Waals surface area contributed by atoms with E-state index in [0.717, 1.165) is 10.9 Å². The molecule has 1 atom stereocenters. The third-order valence-electron chi connectivity index (χ3n) is 3.25. The molecule has 0 aromatic carbocycles. The molecule has 2 nitrogen and oxygen atoms in total. The van der Waals surface area contributed by atoms with Gasteiger partial charge in [0.05, 0.1) is 0 Å². The van der Waals surface area contributed by atoms with E-state index in [1.54, 1.807) is 23.0 Å². The van der Waals surface area contributed by atoms with Gasteiger partial charge in [0.15, 0.2) is 0 Å². The van der Waals surface area contributed by atoms with Crippen LogP contribution in [0.5, 0.6) is 0 Å². The molecule has 0 saturated heterocycles. The monoisotopic (exact) mass is 250 g/mol. The summed E-state index contributed by atoms with van der Waals surface area (Å²) in [5.74, 6) is 0.825. The lowest BCUT2D eigenvalue weighted by atomic mass is 9.89. The average molecular weight is 250 g/mol. The molecule has 0 radical (unpaired) electrons. The molecule has 1 aliphatic carbocycles. The van der Waals surface area contributed by atoms with E-state index in [4.69, 9.17) is 0 Å². The lowest BCUT2D eigenvalue weighted by Crippen LogP contribution is -2.08. The van der Waals surface area contributed by atoms with Crippen molar-refractivity contribution >= 4 is 33.3 Å². The van der Waals surface area contributed by atoms with E-state index in [0.29, 0.717) is 0 Å². The minimum absolute atomic E-state index is 0.825. The number of aromatic nitrogens is 2. The largest absolute Gasteiger partial charge is 0.229 e. The molecule has 0 amide bonds. The van der Waals surface area contributed by atoms with Gasteiger partial charge >= 0.3 is 0 Å². The van der Waals surface area contributed by atoms with Gasteiger partial charge in [-0.2, -0.15) is 0 Å². The van der Waals surface area contributed by atoms with Gasteiger partial charge in [-0.15, -0.1) is 23.1 Å². The number of thioether (sulfide) groups is 1. The molecule has 2 aromatic rings. The van der Waals surface area contributed by atoms with E-state index in [1.807, 2.05) is 11.3 Å². The van der Waals surface area contributed by atoms with Crippen LogP contribution in [0, 0.1) is 5.92 Å². The van der Waals surface area contributed by atoms with Crippen molar-refractivity contribution < 1.29 is 0 Å². The highest BCUT2D eigenvalue weighted by Crippen LogP contribution is 2.39. The fraction of sp³-hybridized carbons (Fsp3) is 0.500. The highest BCUT2D eigenvalue weighted by Gasteiger charge is 2.22. The van der Waals surface area contributed by atoms with Crippen LogP contribution in [0.4, 0.5) is 0 Å². The Hall–Kier alpha value is -0.610. The fourth-order valence-electron chi connectivity index (χ4n) is 2.40. The van der Waals surface area contributed by atoms with E-state index >= 15 is 0 Å². The molecule has 2 aromatic heterocycles. The standard InChI is InChI=1S/C12H14N2S2/c1-7-3-4-8-9(5-7)16-12-10(8)11(15-2)13-6-14-12/h6-7H,3-5H2,1-2H3/t7-/m1/s1. The maximum Gasteiger partial charge on any atom is 0.128 e. The number of nitrogens with zero attached hydrogens (tertiary/aromatic N) is 2. The molecule has 1 aliphatic rings. The summed E-state index contributed by atoms with van der Waals surface area (Å²) in [6.45, 7) is 2.34. The zero-order valence-corrected chi connectivity index (χ0v) is 11.1. The Morgan fingerprint density at radius 1 is 1.44 bits per heavy atom. The van der Waals surface area contributed by atoms with Crippen LogP contribution in [0.25, 0.3) is 10.2 Å². The summed E-state index contributed by atoms with van der Waals surface area (Å²) in [7, 11) is 0. The van der Waals surface area contributed by atoms with Crippen LogP contribution in [0.2, 0.25) is 0 Å². The molecule has 2 heterocycles. The molecule has 0 spiro atoms. The lowest BCUT2D eigenvalue weighted by Gasteiger charge is -2.17. The average Bonchev–Trinajstić information content (AvgIpc) is 2.65. The van der Waals surface area contributed by atoms with E-state index in [9.17, 15) is 0 Å². The second kappa shape index (κ2) is 4.00. The molecule has 0 fully saturated rings. The first-order chi connectivity index (χ1) is 7.79. The first-order valence-corrected chi connectivity index (χ1v) is 7.63. The Morgan fingerprint density at radius 2 is 2.31 bits per heavy atom. The number of hydrogen-bond acceptors (Lipinski definition) is 4. The lowest BCUT2D eigenvalue weighted by molar-refractivity contribution is 0.509. The summed E-state index contributed by atoms with van der Waals surface area (Å²) in [6.07, 6.45) is 7.53. The van der Waals surface area contributed by atoms with Crippen molar-refractivity contribution in [2.45, 2.75) is 31.2 Å². The second-order valence-electron chi connectivity index (χ2n) is 4.41. The number of thiophene rings is 1. The van der Waals surface area contributed by atoms with Gasteiger partial charge in [0, 0.05) is 10.3 Å². The summed E-state index contributed by atoms with van der Waals surface area (Å²) in [5, 5.41) is 2.49. The minimum atomic E-state index is 0.825. The molecular weight excluding hydrogens is 236 g/mol. The summed E-state index contributed by atoms with van der Waals surface area (Å²) in [6, 6.07) is 0. The van der Waals surface area contributed by atoms with Crippen molar-refractivity contribution in [3.05, 3.63) is 16.8 Å². The van der Waals surface area contributed by atoms with Crippen LogP contribution in [-0.4, -0.2) is 16.2 Å². The maximum atomic E-state index is 4.41. The topological polar surface area (TPSA) is 25.8 Å². The Labute approximate surface area is 103 Å². The second-order valence-corrected chi connectivity index (χ2v) is 6.29. The molecule has 0 saturated carbocycles. The van der Waals surface area contributed by atoms with Gasteiger partial charge in [-0.25, -0.2) is 9.97 Å². The van der Waals surface area contributed by atoms with Crippen LogP contribution in [-0.2, 0) is 12.8 Å². The molecule has 0 aliphatic heterocycles. The molecule has 4 heteroatoms. The first kappa shape index (κ1) is 10.5. The van der Waals surface area contributed by atoms with Gasteiger partial charge < -0.3 is 0 Å². The van der Waals surface area contributed by atoms with Gasteiger partial charge in [0.1, 0.15) is 16.2 Å². The third-order valence-corrected chi connectivity index (χ3v) is 5.11. The zero-order valence-electron chi connectivity index (χ0n) is 9.49. The van der Waals surface area contributed by atoms with Crippen molar-refractivity contribution in [2.24, 2.45) is 5.92 Å². The summed E-state index contributed by atoms with van der Waals surface area (Å²) >= 11 is 3.60. The Morgan fingerprint density at radius 3 is 3.12 bits per heavy atom. The summed E-state index contributed by atoms with van der Waals surface area (Å²) in [4.78, 5) is 11.5. The van der Waals surface area contributed by atoms with Gasteiger partial charge in [-0.05, 0) is 37.0 Å². The van der Waals surface area contributed by atoms with Gasteiger partial charge in [-0.3, -0.25) is 0 Å². The van der Waals surface area contributed by atoms with Crippen molar-refractivity contribution in [1.29, 1.82) is 0 Å². The molecule has 16 heavy (non-hydrogen) atoms. The van der Waals surface area contributed by atoms with Gasteiger partial charge in [0.25, 0.3) is 0 Å². The highest BCUT2D eigenvalue weighted by atomic mass is 32.2. The number of fused-ring (bicyclic) bond motifs is 3. The van der Waals surface area contributed by atoms with E-state index in [2.05, 4.69) is 23.1 Å². The number of rotatable bonds is 1. The molecule has 0 N–H and O–H groups in total. The van der Waals surface area contributed by atoms with E-state index in [-0.39, 0.29) is 0 Å². The molecule has 84 valence electrons. The predicted octanol–water partition coefficient (Wildman–Crippen LogP) is 3.54. The van der Waals surface area contributed by atoms with Crippen molar-refractivity contribution in [2.75, 3.05) is 6.26 Å². The first-order valence-electron chi connectivity index (χ1n) is 5.59. The quantitative estimate of drug-likeness (QED) is 0.572. The van der Waals surface area contributed by atoms with Crippen molar-refractivity contribution in [3.8, 4) is 0 Å². The highest BCUT2D eigenvalue weighted by molar-refractivity contribution is 7.98. The van der Waals surface area contributed by atoms with Gasteiger partial charge in [-0.1, -0.05) is 6.92 Å². The van der Waals surface area contributed by atoms with E-state index in [1.165, 1.54) is 35.0 Å². The van der Waals surface area contributed by atoms with Crippen molar-refractivity contribution in [3.63, 3.8) is 0 Å². The Kier molecular flexibility index (Phi) is 2.64. The van der Waals surface area contributed by atoms with Crippen LogP contribution < -0.4 is 0 Å². The number of aryl methyl sites for hydroxylation is 1. The van der Waals surface area contributed by atoms with Crippen molar-refractivity contribution in [1.82, 2.24) is 9.97 Å². The van der Waals surface area contributed by atoms with Crippen LogP contribution in [0.3, 0.4) is 0 Å².